The van der Waals surface area contributed by atoms with E-state index in [1.165, 1.54) is 0 Å². The monoisotopic (exact) mass is 201 g/mol. The molecule has 4 nitrogen and oxygen atoms in total. The summed E-state index contributed by atoms with van der Waals surface area (Å²) >= 11 is 0. The van der Waals surface area contributed by atoms with Gasteiger partial charge in [0.05, 0.1) is 0 Å². The molecule has 4 heteroatoms. The van der Waals surface area contributed by atoms with Gasteiger partial charge in [0.2, 0.25) is 5.91 Å². The first-order chi connectivity index (χ1) is 6.56. The maximum atomic E-state index is 10.8. The second kappa shape index (κ2) is 6.79. The van der Waals surface area contributed by atoms with Crippen LogP contribution in [0.4, 0.5) is 0 Å². The molecule has 0 saturated carbocycles. The molecule has 0 radical (unpaired) electrons. The summed E-state index contributed by atoms with van der Waals surface area (Å²) in [6, 6.07) is 0.570. The zero-order chi connectivity index (χ0) is 11.1. The van der Waals surface area contributed by atoms with Gasteiger partial charge in [0.15, 0.2) is 0 Å². The lowest BCUT2D eigenvalue weighted by Gasteiger charge is -2.32. The minimum Gasteiger partial charge on any atom is -0.370 e. The Morgan fingerprint density at radius 1 is 1.29 bits per heavy atom. The molecular weight excluding hydrogens is 178 g/mol. The maximum absolute atomic E-state index is 10.8. The van der Waals surface area contributed by atoms with Crippen molar-refractivity contribution in [2.75, 3.05) is 13.6 Å². The molecule has 0 bridgehead atoms. The molecule has 0 saturated heterocycles. The van der Waals surface area contributed by atoms with Crippen LogP contribution >= 0.6 is 0 Å². The summed E-state index contributed by atoms with van der Waals surface area (Å²) in [5.41, 5.74) is 10.8. The third kappa shape index (κ3) is 4.07. The molecule has 0 fully saturated rings. The van der Waals surface area contributed by atoms with Crippen molar-refractivity contribution >= 4 is 5.91 Å². The van der Waals surface area contributed by atoms with Crippen molar-refractivity contribution in [3.05, 3.63) is 0 Å². The van der Waals surface area contributed by atoms with E-state index in [1.54, 1.807) is 0 Å². The van der Waals surface area contributed by atoms with Gasteiger partial charge in [0, 0.05) is 25.0 Å². The first-order valence-corrected chi connectivity index (χ1v) is 5.27. The maximum Gasteiger partial charge on any atom is 0.219 e. The minimum atomic E-state index is -0.279. The van der Waals surface area contributed by atoms with Gasteiger partial charge >= 0.3 is 0 Å². The van der Waals surface area contributed by atoms with Crippen LogP contribution in [0.3, 0.4) is 0 Å². The third-order valence-corrected chi connectivity index (χ3v) is 2.80. The van der Waals surface area contributed by atoms with E-state index in [1.807, 2.05) is 7.05 Å². The number of nitrogens with zero attached hydrogens (tertiary/aromatic N) is 1. The van der Waals surface area contributed by atoms with Gasteiger partial charge in [0.1, 0.15) is 0 Å². The highest BCUT2D eigenvalue weighted by Crippen LogP contribution is 2.11. The number of likely N-dealkylation sites (N-methyl/N-ethyl adjacent to an activating group) is 1. The van der Waals surface area contributed by atoms with E-state index < -0.39 is 0 Å². The van der Waals surface area contributed by atoms with Crippen LogP contribution < -0.4 is 11.5 Å². The minimum absolute atomic E-state index is 0.0809. The first kappa shape index (κ1) is 13.4. The molecule has 0 aliphatic heterocycles. The topological polar surface area (TPSA) is 72.3 Å². The number of hydrogen-bond acceptors (Lipinski definition) is 3. The summed E-state index contributed by atoms with van der Waals surface area (Å²) in [6.45, 7) is 4.76. The predicted octanol–water partition coefficient (Wildman–Crippen LogP) is 0.310. The Balaban J connectivity index is 4.27. The van der Waals surface area contributed by atoms with Crippen molar-refractivity contribution in [3.63, 3.8) is 0 Å². The molecule has 0 rings (SSSR count). The molecule has 0 spiro atoms. The summed E-state index contributed by atoms with van der Waals surface area (Å²) in [4.78, 5) is 13.0. The molecular formula is C10H23N3O. The quantitative estimate of drug-likeness (QED) is 0.622. The van der Waals surface area contributed by atoms with Crippen LogP contribution in [0.2, 0.25) is 0 Å². The fourth-order valence-electron chi connectivity index (χ4n) is 1.79. The van der Waals surface area contributed by atoms with E-state index in [2.05, 4.69) is 18.7 Å². The lowest BCUT2D eigenvalue weighted by molar-refractivity contribution is -0.119. The molecule has 1 unspecified atom stereocenters. The number of hydrogen-bond donors (Lipinski definition) is 2. The second-order valence-electron chi connectivity index (χ2n) is 3.70. The Hall–Kier alpha value is -0.610. The molecule has 0 aliphatic carbocycles. The Kier molecular flexibility index (Phi) is 6.49. The van der Waals surface area contributed by atoms with Gasteiger partial charge in [-0.2, -0.15) is 0 Å². The zero-order valence-electron chi connectivity index (χ0n) is 9.49. The SMILES string of the molecule is CCC(CC)N(C)C(CN)CC(N)=O. The standard InChI is InChI=1S/C10H23N3O/c1-4-8(5-2)13(3)9(7-11)6-10(12)14/h8-9H,4-7,11H2,1-3H3,(H2,12,14). The van der Waals surface area contributed by atoms with Crippen LogP contribution in [0.5, 0.6) is 0 Å². The van der Waals surface area contributed by atoms with Crippen molar-refractivity contribution in [1.29, 1.82) is 0 Å². The normalized spacial score (nSPS) is 13.6. The Labute approximate surface area is 86.6 Å². The molecule has 1 amide bonds. The molecule has 0 aromatic rings. The summed E-state index contributed by atoms with van der Waals surface area (Å²) in [5, 5.41) is 0. The third-order valence-electron chi connectivity index (χ3n) is 2.80. The largest absolute Gasteiger partial charge is 0.370 e. The summed E-state index contributed by atoms with van der Waals surface area (Å²) in [5.74, 6) is -0.279. The van der Waals surface area contributed by atoms with Crippen molar-refractivity contribution < 1.29 is 4.79 Å². The van der Waals surface area contributed by atoms with Crippen LogP contribution in [0, 0.1) is 0 Å². The van der Waals surface area contributed by atoms with E-state index in [4.69, 9.17) is 11.5 Å². The lowest BCUT2D eigenvalue weighted by Crippen LogP contribution is -2.45. The second-order valence-corrected chi connectivity index (χ2v) is 3.70. The predicted molar refractivity (Wildman–Crippen MR) is 58.8 cm³/mol. The summed E-state index contributed by atoms with van der Waals surface area (Å²) < 4.78 is 0. The molecule has 0 aromatic carbocycles. The van der Waals surface area contributed by atoms with Crippen LogP contribution in [-0.2, 0) is 4.79 Å². The van der Waals surface area contributed by atoms with Crippen molar-refractivity contribution in [2.24, 2.45) is 11.5 Å². The zero-order valence-corrected chi connectivity index (χ0v) is 9.49. The van der Waals surface area contributed by atoms with Crippen molar-refractivity contribution in [3.8, 4) is 0 Å². The lowest BCUT2D eigenvalue weighted by atomic mass is 10.1. The number of rotatable bonds is 7. The highest BCUT2D eigenvalue weighted by molar-refractivity contribution is 5.74. The van der Waals surface area contributed by atoms with Crippen LogP contribution in [0.15, 0.2) is 0 Å². The number of amides is 1. The Morgan fingerprint density at radius 3 is 2.07 bits per heavy atom. The molecule has 0 aromatic heterocycles. The van der Waals surface area contributed by atoms with E-state index >= 15 is 0 Å². The molecule has 14 heavy (non-hydrogen) atoms. The Bertz CT molecular complexity index is 169. The molecule has 84 valence electrons. The van der Waals surface area contributed by atoms with Crippen LogP contribution in [0.1, 0.15) is 33.1 Å². The fraction of sp³-hybridized carbons (Fsp3) is 0.900. The van der Waals surface area contributed by atoms with Crippen molar-refractivity contribution in [1.82, 2.24) is 4.90 Å². The average molecular weight is 201 g/mol. The van der Waals surface area contributed by atoms with Gasteiger partial charge in [-0.25, -0.2) is 0 Å². The highest BCUT2D eigenvalue weighted by Gasteiger charge is 2.20. The van der Waals surface area contributed by atoms with Crippen LogP contribution in [-0.4, -0.2) is 36.5 Å². The number of nitrogens with two attached hydrogens (primary N) is 2. The molecule has 1 atom stereocenters. The highest BCUT2D eigenvalue weighted by atomic mass is 16.1. The van der Waals surface area contributed by atoms with Gasteiger partial charge in [-0.15, -0.1) is 0 Å². The van der Waals surface area contributed by atoms with Crippen molar-refractivity contribution in [2.45, 2.75) is 45.2 Å². The van der Waals surface area contributed by atoms with Gasteiger partial charge in [0.25, 0.3) is 0 Å². The molecule has 4 N–H and O–H groups in total. The first-order valence-electron chi connectivity index (χ1n) is 5.27. The average Bonchev–Trinajstić information content (AvgIpc) is 2.15. The summed E-state index contributed by atoms with van der Waals surface area (Å²) in [7, 11) is 2.01. The van der Waals surface area contributed by atoms with Crippen LogP contribution in [0.25, 0.3) is 0 Å². The van der Waals surface area contributed by atoms with E-state index in [-0.39, 0.29) is 11.9 Å². The molecule has 0 aliphatic rings. The summed E-state index contributed by atoms with van der Waals surface area (Å²) in [6.07, 6.45) is 2.49. The number of carbonyl (C=O) groups excluding carboxylic acids is 1. The smallest absolute Gasteiger partial charge is 0.219 e. The van der Waals surface area contributed by atoms with Gasteiger partial charge < -0.3 is 11.5 Å². The number of primary amides is 1. The fourth-order valence-corrected chi connectivity index (χ4v) is 1.79. The van der Waals surface area contributed by atoms with E-state index in [0.29, 0.717) is 19.0 Å². The van der Waals surface area contributed by atoms with E-state index in [9.17, 15) is 4.79 Å². The van der Waals surface area contributed by atoms with Gasteiger partial charge in [-0.05, 0) is 19.9 Å². The Morgan fingerprint density at radius 2 is 1.79 bits per heavy atom. The number of carbonyl (C=O) groups is 1. The van der Waals surface area contributed by atoms with Gasteiger partial charge in [-0.1, -0.05) is 13.8 Å². The van der Waals surface area contributed by atoms with Gasteiger partial charge in [-0.3, -0.25) is 9.69 Å². The molecule has 0 heterocycles. The van der Waals surface area contributed by atoms with E-state index in [0.717, 1.165) is 12.8 Å².